The highest BCUT2D eigenvalue weighted by molar-refractivity contribution is 5.78. The molecule has 0 aliphatic carbocycles. The van der Waals surface area contributed by atoms with E-state index >= 15 is 0 Å². The summed E-state index contributed by atoms with van der Waals surface area (Å²) >= 11 is 0. The van der Waals surface area contributed by atoms with Gasteiger partial charge < -0.3 is 14.4 Å². The van der Waals surface area contributed by atoms with Gasteiger partial charge in [-0.15, -0.1) is 6.58 Å². The van der Waals surface area contributed by atoms with E-state index in [1.165, 1.54) is 0 Å². The molecule has 0 N–H and O–H groups in total. The van der Waals surface area contributed by atoms with Gasteiger partial charge in [0.2, 0.25) is 0 Å². The van der Waals surface area contributed by atoms with Crippen LogP contribution in [0.25, 0.3) is 0 Å². The predicted molar refractivity (Wildman–Crippen MR) is 108 cm³/mol. The van der Waals surface area contributed by atoms with Gasteiger partial charge in [0, 0.05) is 38.9 Å². The van der Waals surface area contributed by atoms with Crippen molar-refractivity contribution in [2.75, 3.05) is 39.9 Å². The third-order valence-corrected chi connectivity index (χ3v) is 4.80. The number of piperazine rings is 1. The van der Waals surface area contributed by atoms with Crippen LogP contribution in [0.4, 0.5) is 0 Å². The van der Waals surface area contributed by atoms with Crippen molar-refractivity contribution in [3.05, 3.63) is 66.5 Å². The summed E-state index contributed by atoms with van der Waals surface area (Å²) in [5.41, 5.74) is 2.15. The SMILES string of the molecule is C=CCc1ccc(OCC(=O)N2CCN(Cc3ccccn3)CC2)c(OC)c1. The molecule has 0 spiro atoms. The number of carbonyl (C=O) groups is 1. The van der Waals surface area contributed by atoms with Crippen molar-refractivity contribution in [2.24, 2.45) is 0 Å². The maximum Gasteiger partial charge on any atom is 0.260 e. The first-order chi connectivity index (χ1) is 13.7. The number of allylic oxidation sites excluding steroid dienone is 1. The fourth-order valence-electron chi connectivity index (χ4n) is 3.23. The van der Waals surface area contributed by atoms with E-state index in [4.69, 9.17) is 9.47 Å². The molecule has 1 amide bonds. The highest BCUT2D eigenvalue weighted by Crippen LogP contribution is 2.28. The van der Waals surface area contributed by atoms with E-state index in [2.05, 4.69) is 16.5 Å². The second kappa shape index (κ2) is 9.90. The zero-order valence-electron chi connectivity index (χ0n) is 16.3. The molecule has 6 nitrogen and oxygen atoms in total. The van der Waals surface area contributed by atoms with Gasteiger partial charge in [0.1, 0.15) is 0 Å². The zero-order chi connectivity index (χ0) is 19.8. The molecule has 0 saturated carbocycles. The van der Waals surface area contributed by atoms with Crippen molar-refractivity contribution in [3.8, 4) is 11.5 Å². The molecule has 1 aliphatic rings. The van der Waals surface area contributed by atoms with Crippen LogP contribution in [-0.2, 0) is 17.8 Å². The van der Waals surface area contributed by atoms with E-state index in [-0.39, 0.29) is 12.5 Å². The van der Waals surface area contributed by atoms with Gasteiger partial charge in [-0.25, -0.2) is 0 Å². The van der Waals surface area contributed by atoms with Crippen LogP contribution in [0.15, 0.2) is 55.3 Å². The average Bonchev–Trinajstić information content (AvgIpc) is 2.74. The first-order valence-electron chi connectivity index (χ1n) is 9.50. The number of hydrogen-bond donors (Lipinski definition) is 0. The Morgan fingerprint density at radius 1 is 1.18 bits per heavy atom. The number of nitrogens with zero attached hydrogens (tertiary/aromatic N) is 3. The fraction of sp³-hybridized carbons (Fsp3) is 0.364. The molecule has 2 heterocycles. The lowest BCUT2D eigenvalue weighted by molar-refractivity contribution is -0.135. The van der Waals surface area contributed by atoms with Gasteiger partial charge in [-0.05, 0) is 36.2 Å². The minimum Gasteiger partial charge on any atom is -0.493 e. The zero-order valence-corrected chi connectivity index (χ0v) is 16.3. The molecule has 1 aromatic heterocycles. The number of rotatable bonds is 8. The van der Waals surface area contributed by atoms with E-state index in [1.54, 1.807) is 7.11 Å². The molecule has 0 radical (unpaired) electrons. The summed E-state index contributed by atoms with van der Waals surface area (Å²) in [5, 5.41) is 0. The second-order valence-electron chi connectivity index (χ2n) is 6.74. The minimum atomic E-state index is -0.00490. The van der Waals surface area contributed by atoms with E-state index in [9.17, 15) is 4.79 Å². The standard InChI is InChI=1S/C22H27N3O3/c1-3-6-18-8-9-20(21(15-18)27-2)28-17-22(26)25-13-11-24(12-14-25)16-19-7-4-5-10-23-19/h3-5,7-10,15H,1,6,11-14,16-17H2,2H3. The first kappa shape index (κ1) is 19.9. The number of benzene rings is 1. The van der Waals surface area contributed by atoms with Crippen molar-refractivity contribution in [1.82, 2.24) is 14.8 Å². The molecular weight excluding hydrogens is 354 g/mol. The Morgan fingerprint density at radius 3 is 2.68 bits per heavy atom. The maximum atomic E-state index is 12.5. The molecule has 1 saturated heterocycles. The number of amides is 1. The number of pyridine rings is 1. The molecule has 1 aromatic carbocycles. The maximum absolute atomic E-state index is 12.5. The number of methoxy groups -OCH3 is 1. The molecule has 148 valence electrons. The van der Waals surface area contributed by atoms with E-state index < -0.39 is 0 Å². The number of hydrogen-bond acceptors (Lipinski definition) is 5. The highest BCUT2D eigenvalue weighted by Gasteiger charge is 2.22. The van der Waals surface area contributed by atoms with Gasteiger partial charge in [0.15, 0.2) is 18.1 Å². The van der Waals surface area contributed by atoms with Gasteiger partial charge in [0.25, 0.3) is 5.91 Å². The predicted octanol–water partition coefficient (Wildman–Crippen LogP) is 2.54. The Labute approximate surface area is 166 Å². The molecule has 0 atom stereocenters. The summed E-state index contributed by atoms with van der Waals surface area (Å²) in [6, 6.07) is 11.7. The lowest BCUT2D eigenvalue weighted by Crippen LogP contribution is -2.49. The summed E-state index contributed by atoms with van der Waals surface area (Å²) in [5.74, 6) is 1.21. The van der Waals surface area contributed by atoms with Crippen molar-refractivity contribution < 1.29 is 14.3 Å². The second-order valence-corrected chi connectivity index (χ2v) is 6.74. The molecule has 0 bridgehead atoms. The van der Waals surface area contributed by atoms with Gasteiger partial charge in [-0.3, -0.25) is 14.7 Å². The Balaban J connectivity index is 1.47. The van der Waals surface area contributed by atoms with Crippen LogP contribution in [0.2, 0.25) is 0 Å². The third-order valence-electron chi connectivity index (χ3n) is 4.80. The summed E-state index contributed by atoms with van der Waals surface area (Å²) < 4.78 is 11.1. The lowest BCUT2D eigenvalue weighted by atomic mass is 10.1. The third kappa shape index (κ3) is 5.33. The Kier molecular flexibility index (Phi) is 7.03. The average molecular weight is 381 g/mol. The van der Waals surface area contributed by atoms with Crippen molar-refractivity contribution in [2.45, 2.75) is 13.0 Å². The molecule has 1 fully saturated rings. The Hall–Kier alpha value is -2.86. The minimum absolute atomic E-state index is 0.00490. The summed E-state index contributed by atoms with van der Waals surface area (Å²) in [6.07, 6.45) is 4.41. The summed E-state index contributed by atoms with van der Waals surface area (Å²) in [7, 11) is 1.60. The monoisotopic (exact) mass is 381 g/mol. The topological polar surface area (TPSA) is 54.9 Å². The van der Waals surface area contributed by atoms with E-state index in [0.717, 1.165) is 37.3 Å². The summed E-state index contributed by atoms with van der Waals surface area (Å²) in [4.78, 5) is 21.1. The number of ether oxygens (including phenoxy) is 2. The van der Waals surface area contributed by atoms with Crippen LogP contribution in [0.3, 0.4) is 0 Å². The van der Waals surface area contributed by atoms with Crippen LogP contribution >= 0.6 is 0 Å². The molecule has 28 heavy (non-hydrogen) atoms. The fourth-order valence-corrected chi connectivity index (χ4v) is 3.23. The lowest BCUT2D eigenvalue weighted by Gasteiger charge is -2.34. The van der Waals surface area contributed by atoms with Crippen molar-refractivity contribution in [3.63, 3.8) is 0 Å². The molecule has 2 aromatic rings. The first-order valence-corrected chi connectivity index (χ1v) is 9.50. The molecular formula is C22H27N3O3. The van der Waals surface area contributed by atoms with Crippen LogP contribution in [-0.4, -0.2) is 60.6 Å². The van der Waals surface area contributed by atoms with Gasteiger partial charge in [0.05, 0.1) is 12.8 Å². The molecule has 3 rings (SSSR count). The number of aromatic nitrogens is 1. The van der Waals surface area contributed by atoms with Crippen molar-refractivity contribution in [1.29, 1.82) is 0 Å². The smallest absolute Gasteiger partial charge is 0.260 e. The van der Waals surface area contributed by atoms with Crippen LogP contribution in [0, 0.1) is 0 Å². The van der Waals surface area contributed by atoms with Crippen LogP contribution in [0.5, 0.6) is 11.5 Å². The van der Waals surface area contributed by atoms with Crippen LogP contribution < -0.4 is 9.47 Å². The molecule has 6 heteroatoms. The largest absolute Gasteiger partial charge is 0.493 e. The van der Waals surface area contributed by atoms with Crippen molar-refractivity contribution >= 4 is 5.91 Å². The van der Waals surface area contributed by atoms with E-state index in [0.29, 0.717) is 24.6 Å². The van der Waals surface area contributed by atoms with E-state index in [1.807, 2.05) is 53.6 Å². The Bertz CT molecular complexity index is 787. The summed E-state index contributed by atoms with van der Waals surface area (Å²) in [6.45, 7) is 7.64. The number of carbonyl (C=O) groups excluding carboxylic acids is 1. The normalized spacial score (nSPS) is 14.5. The Morgan fingerprint density at radius 2 is 2.00 bits per heavy atom. The molecule has 1 aliphatic heterocycles. The van der Waals surface area contributed by atoms with Gasteiger partial charge in [-0.2, -0.15) is 0 Å². The molecule has 0 unspecified atom stereocenters. The van der Waals surface area contributed by atoms with Crippen LogP contribution in [0.1, 0.15) is 11.3 Å². The van der Waals surface area contributed by atoms with Gasteiger partial charge >= 0.3 is 0 Å². The quantitative estimate of drug-likeness (QED) is 0.658. The highest BCUT2D eigenvalue weighted by atomic mass is 16.5. The van der Waals surface area contributed by atoms with Gasteiger partial charge in [-0.1, -0.05) is 18.2 Å².